The fourth-order valence-corrected chi connectivity index (χ4v) is 2.62. The fourth-order valence-electron chi connectivity index (χ4n) is 2.62. The lowest BCUT2D eigenvalue weighted by molar-refractivity contribution is -0.148. The zero-order valence-electron chi connectivity index (χ0n) is 11.6. The Kier molecular flexibility index (Phi) is 4.25. The summed E-state index contributed by atoms with van der Waals surface area (Å²) in [5.74, 6) is -1.29. The van der Waals surface area contributed by atoms with Crippen molar-refractivity contribution in [1.29, 1.82) is 0 Å². The number of carbonyl (C=O) groups is 2. The number of aryl methyl sites for hydroxylation is 1. The average Bonchev–Trinajstić information content (AvgIpc) is 2.86. The molecule has 0 bridgehead atoms. The molecule has 1 aliphatic heterocycles. The number of hydrogen-bond acceptors (Lipinski definition) is 4. The Bertz CT molecular complexity index is 675. The number of rotatable bonds is 4. The number of likely N-dealkylation sites (tertiary alicyclic amines) is 1. The van der Waals surface area contributed by atoms with Gasteiger partial charge in [-0.1, -0.05) is 0 Å². The van der Waals surface area contributed by atoms with Gasteiger partial charge in [-0.05, 0) is 26.2 Å². The molecule has 1 aromatic rings. The number of aromatic nitrogens is 2. The molecule has 1 unspecified atom stereocenters. The van der Waals surface area contributed by atoms with Crippen LogP contribution in [0.3, 0.4) is 0 Å². The molecule has 1 aromatic heterocycles. The van der Waals surface area contributed by atoms with Crippen LogP contribution >= 0.6 is 0 Å². The van der Waals surface area contributed by atoms with Crippen LogP contribution in [0.1, 0.15) is 30.5 Å². The number of hydrogen-bond donors (Lipinski definition) is 3. The van der Waals surface area contributed by atoms with Crippen molar-refractivity contribution in [1.82, 2.24) is 14.9 Å². The van der Waals surface area contributed by atoms with Crippen LogP contribution in [-0.2, 0) is 16.0 Å². The van der Waals surface area contributed by atoms with Crippen LogP contribution in [0.5, 0.6) is 0 Å². The van der Waals surface area contributed by atoms with Crippen LogP contribution in [-0.4, -0.2) is 44.4 Å². The highest BCUT2D eigenvalue weighted by Gasteiger charge is 2.33. The van der Waals surface area contributed by atoms with Gasteiger partial charge in [-0.3, -0.25) is 14.6 Å². The molecule has 0 saturated carbocycles. The van der Waals surface area contributed by atoms with Crippen molar-refractivity contribution in [2.24, 2.45) is 0 Å². The van der Waals surface area contributed by atoms with Crippen LogP contribution in [0.25, 0.3) is 0 Å². The molecule has 8 heteroatoms. The van der Waals surface area contributed by atoms with Crippen molar-refractivity contribution in [3.8, 4) is 0 Å². The predicted octanol–water partition coefficient (Wildman–Crippen LogP) is -0.620. The van der Waals surface area contributed by atoms with Crippen molar-refractivity contribution < 1.29 is 14.7 Å². The summed E-state index contributed by atoms with van der Waals surface area (Å²) in [6.07, 6.45) is 1.33. The number of nitrogens with one attached hydrogen (secondary N) is 2. The quantitative estimate of drug-likeness (QED) is 0.683. The first kappa shape index (κ1) is 15.0. The Labute approximate surface area is 119 Å². The molecule has 0 aromatic carbocycles. The molecule has 1 aliphatic rings. The van der Waals surface area contributed by atoms with Crippen molar-refractivity contribution in [3.63, 3.8) is 0 Å². The van der Waals surface area contributed by atoms with Crippen molar-refractivity contribution >= 4 is 11.9 Å². The summed E-state index contributed by atoms with van der Waals surface area (Å²) < 4.78 is 0. The second-order valence-corrected chi connectivity index (χ2v) is 5.10. The van der Waals surface area contributed by atoms with Gasteiger partial charge in [-0.15, -0.1) is 0 Å². The van der Waals surface area contributed by atoms with E-state index in [0.717, 1.165) is 0 Å². The van der Waals surface area contributed by atoms with Gasteiger partial charge in [0.2, 0.25) is 5.91 Å². The van der Waals surface area contributed by atoms with Gasteiger partial charge >= 0.3 is 11.7 Å². The normalized spacial score (nSPS) is 18.0. The maximum Gasteiger partial charge on any atom is 0.326 e. The van der Waals surface area contributed by atoms with Gasteiger partial charge < -0.3 is 15.0 Å². The Morgan fingerprint density at radius 2 is 2.05 bits per heavy atom. The van der Waals surface area contributed by atoms with E-state index in [-0.39, 0.29) is 18.7 Å². The molecule has 0 aliphatic carbocycles. The molecule has 0 spiro atoms. The second-order valence-electron chi connectivity index (χ2n) is 5.10. The third kappa shape index (κ3) is 3.21. The molecule has 2 heterocycles. The molecule has 1 atom stereocenters. The summed E-state index contributed by atoms with van der Waals surface area (Å²) in [7, 11) is 0. The van der Waals surface area contributed by atoms with E-state index in [1.54, 1.807) is 6.92 Å². The minimum Gasteiger partial charge on any atom is -0.480 e. The number of carboxylic acids is 1. The van der Waals surface area contributed by atoms with Crippen LogP contribution in [0, 0.1) is 6.92 Å². The highest BCUT2D eigenvalue weighted by atomic mass is 16.4. The average molecular weight is 295 g/mol. The zero-order valence-corrected chi connectivity index (χ0v) is 11.6. The highest BCUT2D eigenvalue weighted by Crippen LogP contribution is 2.19. The lowest BCUT2D eigenvalue weighted by atomic mass is 10.1. The lowest BCUT2D eigenvalue weighted by Gasteiger charge is -2.21. The number of nitrogens with zero attached hydrogens (tertiary/aromatic N) is 1. The largest absolute Gasteiger partial charge is 0.480 e. The fraction of sp³-hybridized carbons (Fsp3) is 0.538. The minimum atomic E-state index is -1.00. The van der Waals surface area contributed by atoms with E-state index in [1.165, 1.54) is 4.90 Å². The monoisotopic (exact) mass is 295 g/mol. The molecule has 1 fully saturated rings. The standard InChI is InChI=1S/C13H17N3O5/c1-7-8(11(18)15-13(21)14-7)4-5-10(17)16-6-2-3-9(16)12(19)20/h9H,2-6H2,1H3,(H,19,20)(H2,14,15,18,21). The number of carbonyl (C=O) groups excluding carboxylic acids is 1. The molecule has 1 saturated heterocycles. The van der Waals surface area contributed by atoms with E-state index in [4.69, 9.17) is 5.11 Å². The Hall–Kier alpha value is -2.38. The van der Waals surface area contributed by atoms with Gasteiger partial charge in [-0.25, -0.2) is 9.59 Å². The zero-order chi connectivity index (χ0) is 15.6. The van der Waals surface area contributed by atoms with Gasteiger partial charge in [0.05, 0.1) is 0 Å². The summed E-state index contributed by atoms with van der Waals surface area (Å²) in [5, 5.41) is 9.05. The number of aromatic amines is 2. The number of amides is 1. The van der Waals surface area contributed by atoms with E-state index in [1.807, 2.05) is 0 Å². The molecule has 8 nitrogen and oxygen atoms in total. The topological polar surface area (TPSA) is 123 Å². The van der Waals surface area contributed by atoms with Gasteiger partial charge in [-0.2, -0.15) is 0 Å². The predicted molar refractivity (Wildman–Crippen MR) is 73.1 cm³/mol. The Morgan fingerprint density at radius 1 is 1.33 bits per heavy atom. The van der Waals surface area contributed by atoms with Crippen LogP contribution in [0.2, 0.25) is 0 Å². The first-order valence-electron chi connectivity index (χ1n) is 6.74. The Balaban J connectivity index is 2.07. The molecule has 2 rings (SSSR count). The van der Waals surface area contributed by atoms with E-state index >= 15 is 0 Å². The first-order valence-corrected chi connectivity index (χ1v) is 6.74. The maximum absolute atomic E-state index is 12.1. The Morgan fingerprint density at radius 3 is 2.67 bits per heavy atom. The lowest BCUT2D eigenvalue weighted by Crippen LogP contribution is -2.40. The van der Waals surface area contributed by atoms with Gasteiger partial charge in [0.25, 0.3) is 5.56 Å². The van der Waals surface area contributed by atoms with Crippen LogP contribution in [0.15, 0.2) is 9.59 Å². The third-order valence-electron chi connectivity index (χ3n) is 3.70. The molecule has 1 amide bonds. The van der Waals surface area contributed by atoms with E-state index in [0.29, 0.717) is 30.6 Å². The summed E-state index contributed by atoms with van der Waals surface area (Å²) in [6.45, 7) is 2.02. The van der Waals surface area contributed by atoms with E-state index in [9.17, 15) is 19.2 Å². The summed E-state index contributed by atoms with van der Waals surface area (Å²) in [4.78, 5) is 51.8. The van der Waals surface area contributed by atoms with E-state index in [2.05, 4.69) is 9.97 Å². The van der Waals surface area contributed by atoms with Gasteiger partial charge in [0.1, 0.15) is 6.04 Å². The second kappa shape index (κ2) is 5.94. The van der Waals surface area contributed by atoms with Crippen molar-refractivity contribution in [2.45, 2.75) is 38.6 Å². The highest BCUT2D eigenvalue weighted by molar-refractivity contribution is 5.84. The molecule has 3 N–H and O–H groups in total. The molecule has 21 heavy (non-hydrogen) atoms. The molecule has 114 valence electrons. The summed E-state index contributed by atoms with van der Waals surface area (Å²) in [6, 6.07) is -0.771. The summed E-state index contributed by atoms with van der Waals surface area (Å²) in [5.41, 5.74) is -0.333. The summed E-state index contributed by atoms with van der Waals surface area (Å²) >= 11 is 0. The molecular formula is C13H17N3O5. The minimum absolute atomic E-state index is 0.0414. The smallest absolute Gasteiger partial charge is 0.326 e. The number of carboxylic acid groups (broad SMARTS) is 1. The first-order chi connectivity index (χ1) is 9.90. The third-order valence-corrected chi connectivity index (χ3v) is 3.70. The molecular weight excluding hydrogens is 278 g/mol. The number of H-pyrrole nitrogens is 2. The van der Waals surface area contributed by atoms with Crippen LogP contribution < -0.4 is 11.2 Å². The van der Waals surface area contributed by atoms with Crippen molar-refractivity contribution in [2.75, 3.05) is 6.54 Å². The molecule has 0 radical (unpaired) electrons. The maximum atomic E-state index is 12.1. The van der Waals surface area contributed by atoms with Crippen LogP contribution in [0.4, 0.5) is 0 Å². The number of aliphatic carboxylic acids is 1. The van der Waals surface area contributed by atoms with Gasteiger partial charge in [0.15, 0.2) is 0 Å². The van der Waals surface area contributed by atoms with E-state index < -0.39 is 23.3 Å². The van der Waals surface area contributed by atoms with Gasteiger partial charge in [0, 0.05) is 24.2 Å². The van der Waals surface area contributed by atoms with Crippen molar-refractivity contribution in [3.05, 3.63) is 32.1 Å². The SMILES string of the molecule is Cc1[nH]c(=O)[nH]c(=O)c1CCC(=O)N1CCCC1C(=O)O.